The van der Waals surface area contributed by atoms with E-state index in [1.807, 2.05) is 0 Å². The summed E-state index contributed by atoms with van der Waals surface area (Å²) in [5, 5.41) is 3.47. The second-order valence-corrected chi connectivity index (χ2v) is 5.90. The van der Waals surface area contributed by atoms with Crippen LogP contribution in [0.5, 0.6) is 0 Å². The van der Waals surface area contributed by atoms with Crippen molar-refractivity contribution in [3.05, 3.63) is 0 Å². The van der Waals surface area contributed by atoms with Crippen molar-refractivity contribution >= 4 is 0 Å². The first-order valence-electron chi connectivity index (χ1n) is 7.85. The summed E-state index contributed by atoms with van der Waals surface area (Å²) in [6.45, 7) is 7.39. The second-order valence-electron chi connectivity index (χ2n) is 5.90. The number of nitrogens with one attached hydrogen (secondary N) is 1. The zero-order chi connectivity index (χ0) is 11.9. The monoisotopic (exact) mass is 238 g/mol. The fraction of sp³-hybridized carbons (Fsp3) is 1.00. The standard InChI is InChI=1S/C15H30N2/c1-2-17(15-8-11-16-12-9-15)13-10-14-6-4-3-5-7-14/h14-16H,2-13H2,1H3. The minimum absolute atomic E-state index is 0.866. The SMILES string of the molecule is CCN(CCC1CCCCC1)C1CCNCC1. The van der Waals surface area contributed by atoms with Crippen molar-refractivity contribution in [2.75, 3.05) is 26.2 Å². The Labute approximate surface area is 107 Å². The molecule has 2 rings (SSSR count). The number of hydrogen-bond acceptors (Lipinski definition) is 2. The molecule has 1 aliphatic carbocycles. The molecule has 2 fully saturated rings. The Morgan fingerprint density at radius 1 is 1.00 bits per heavy atom. The van der Waals surface area contributed by atoms with Crippen molar-refractivity contribution in [3.63, 3.8) is 0 Å². The number of hydrogen-bond donors (Lipinski definition) is 1. The van der Waals surface area contributed by atoms with Crippen LogP contribution in [0.2, 0.25) is 0 Å². The van der Waals surface area contributed by atoms with Crippen molar-refractivity contribution in [3.8, 4) is 0 Å². The van der Waals surface area contributed by atoms with Crippen LogP contribution in [0.1, 0.15) is 58.3 Å². The highest BCUT2D eigenvalue weighted by atomic mass is 15.2. The molecule has 2 aliphatic rings. The Hall–Kier alpha value is -0.0800. The van der Waals surface area contributed by atoms with E-state index in [-0.39, 0.29) is 0 Å². The van der Waals surface area contributed by atoms with Gasteiger partial charge in [0.05, 0.1) is 0 Å². The summed E-state index contributed by atoms with van der Waals surface area (Å²) in [6, 6.07) is 0.866. The third-order valence-corrected chi connectivity index (χ3v) is 4.78. The van der Waals surface area contributed by atoms with E-state index in [4.69, 9.17) is 0 Å². The van der Waals surface area contributed by atoms with Gasteiger partial charge >= 0.3 is 0 Å². The molecule has 0 radical (unpaired) electrons. The van der Waals surface area contributed by atoms with Crippen LogP contribution in [-0.4, -0.2) is 37.1 Å². The van der Waals surface area contributed by atoms with Crippen LogP contribution in [0.25, 0.3) is 0 Å². The fourth-order valence-corrected chi connectivity index (χ4v) is 3.59. The summed E-state index contributed by atoms with van der Waals surface area (Å²) >= 11 is 0. The predicted octanol–water partition coefficient (Wildman–Crippen LogP) is 3.03. The van der Waals surface area contributed by atoms with Crippen molar-refractivity contribution in [1.29, 1.82) is 0 Å². The Kier molecular flexibility index (Phi) is 5.79. The molecule has 1 aliphatic heterocycles. The van der Waals surface area contributed by atoms with Crippen LogP contribution in [0.3, 0.4) is 0 Å². The molecule has 0 atom stereocenters. The lowest BCUT2D eigenvalue weighted by molar-refractivity contribution is 0.153. The summed E-state index contributed by atoms with van der Waals surface area (Å²) in [5.74, 6) is 1.04. The van der Waals surface area contributed by atoms with E-state index in [0.717, 1.165) is 12.0 Å². The highest BCUT2D eigenvalue weighted by molar-refractivity contribution is 4.78. The van der Waals surface area contributed by atoms with E-state index < -0.39 is 0 Å². The maximum Gasteiger partial charge on any atom is 0.0119 e. The Bertz CT molecular complexity index is 193. The van der Waals surface area contributed by atoms with Gasteiger partial charge in [-0.05, 0) is 51.4 Å². The third kappa shape index (κ3) is 4.26. The lowest BCUT2D eigenvalue weighted by Gasteiger charge is -2.35. The molecular weight excluding hydrogens is 208 g/mol. The van der Waals surface area contributed by atoms with Crippen molar-refractivity contribution in [2.45, 2.75) is 64.3 Å². The summed E-state index contributed by atoms with van der Waals surface area (Å²) in [7, 11) is 0. The van der Waals surface area contributed by atoms with Gasteiger partial charge in [0.1, 0.15) is 0 Å². The molecule has 0 bridgehead atoms. The lowest BCUT2D eigenvalue weighted by Crippen LogP contribution is -2.43. The summed E-state index contributed by atoms with van der Waals surface area (Å²) in [4.78, 5) is 2.75. The molecule has 2 nitrogen and oxygen atoms in total. The summed E-state index contributed by atoms with van der Waals surface area (Å²) in [6.07, 6.45) is 11.7. The van der Waals surface area contributed by atoms with Gasteiger partial charge < -0.3 is 10.2 Å². The molecule has 0 aromatic heterocycles. The van der Waals surface area contributed by atoms with E-state index in [1.165, 1.54) is 77.5 Å². The first-order chi connectivity index (χ1) is 8.40. The fourth-order valence-electron chi connectivity index (χ4n) is 3.59. The van der Waals surface area contributed by atoms with E-state index >= 15 is 0 Å². The van der Waals surface area contributed by atoms with Crippen molar-refractivity contribution < 1.29 is 0 Å². The minimum atomic E-state index is 0.866. The second kappa shape index (κ2) is 7.38. The zero-order valence-electron chi connectivity index (χ0n) is 11.6. The molecule has 1 N–H and O–H groups in total. The first-order valence-corrected chi connectivity index (χ1v) is 7.85. The average Bonchev–Trinajstić information content (AvgIpc) is 2.42. The normalized spacial score (nSPS) is 24.4. The quantitative estimate of drug-likeness (QED) is 0.792. The largest absolute Gasteiger partial charge is 0.317 e. The Morgan fingerprint density at radius 3 is 2.35 bits per heavy atom. The summed E-state index contributed by atoms with van der Waals surface area (Å²) in [5.41, 5.74) is 0. The molecule has 0 unspecified atom stereocenters. The maximum atomic E-state index is 3.47. The van der Waals surface area contributed by atoms with E-state index in [2.05, 4.69) is 17.1 Å². The molecular formula is C15H30N2. The van der Waals surface area contributed by atoms with E-state index in [0.29, 0.717) is 0 Å². The van der Waals surface area contributed by atoms with Crippen LogP contribution in [-0.2, 0) is 0 Å². The third-order valence-electron chi connectivity index (χ3n) is 4.78. The predicted molar refractivity (Wildman–Crippen MR) is 74.3 cm³/mol. The van der Waals surface area contributed by atoms with E-state index in [9.17, 15) is 0 Å². The molecule has 1 heterocycles. The van der Waals surface area contributed by atoms with Gasteiger partial charge in [-0.3, -0.25) is 0 Å². The van der Waals surface area contributed by atoms with Crippen LogP contribution in [0.4, 0.5) is 0 Å². The molecule has 17 heavy (non-hydrogen) atoms. The number of nitrogens with zero attached hydrogens (tertiary/aromatic N) is 1. The molecule has 0 spiro atoms. The van der Waals surface area contributed by atoms with Gasteiger partial charge in [0, 0.05) is 6.04 Å². The van der Waals surface area contributed by atoms with Gasteiger partial charge in [-0.1, -0.05) is 39.0 Å². The zero-order valence-corrected chi connectivity index (χ0v) is 11.6. The molecule has 0 aromatic carbocycles. The van der Waals surface area contributed by atoms with Crippen molar-refractivity contribution in [2.24, 2.45) is 5.92 Å². The van der Waals surface area contributed by atoms with Crippen LogP contribution < -0.4 is 5.32 Å². The van der Waals surface area contributed by atoms with Gasteiger partial charge in [-0.15, -0.1) is 0 Å². The Morgan fingerprint density at radius 2 is 1.71 bits per heavy atom. The van der Waals surface area contributed by atoms with Gasteiger partial charge in [0.25, 0.3) is 0 Å². The van der Waals surface area contributed by atoms with Crippen molar-refractivity contribution in [1.82, 2.24) is 10.2 Å². The molecule has 100 valence electrons. The molecule has 1 saturated heterocycles. The Balaban J connectivity index is 1.70. The highest BCUT2D eigenvalue weighted by Crippen LogP contribution is 2.27. The highest BCUT2D eigenvalue weighted by Gasteiger charge is 2.21. The first kappa shape index (κ1) is 13.4. The van der Waals surface area contributed by atoms with Crippen LogP contribution in [0, 0.1) is 5.92 Å². The van der Waals surface area contributed by atoms with Gasteiger partial charge in [-0.2, -0.15) is 0 Å². The van der Waals surface area contributed by atoms with E-state index in [1.54, 1.807) is 0 Å². The minimum Gasteiger partial charge on any atom is -0.317 e. The van der Waals surface area contributed by atoms with Gasteiger partial charge in [0.15, 0.2) is 0 Å². The smallest absolute Gasteiger partial charge is 0.0119 e. The van der Waals surface area contributed by atoms with Crippen LogP contribution >= 0.6 is 0 Å². The van der Waals surface area contributed by atoms with Gasteiger partial charge in [-0.25, -0.2) is 0 Å². The number of piperidine rings is 1. The maximum absolute atomic E-state index is 3.47. The summed E-state index contributed by atoms with van der Waals surface area (Å²) < 4.78 is 0. The molecule has 2 heteroatoms. The van der Waals surface area contributed by atoms with Crippen LogP contribution in [0.15, 0.2) is 0 Å². The van der Waals surface area contributed by atoms with Gasteiger partial charge in [0.2, 0.25) is 0 Å². The average molecular weight is 238 g/mol. The topological polar surface area (TPSA) is 15.3 Å². The number of rotatable bonds is 5. The molecule has 1 saturated carbocycles. The lowest BCUT2D eigenvalue weighted by atomic mass is 9.86. The molecule has 0 amide bonds. The molecule has 0 aromatic rings.